The fraction of sp³-hybridized carbons (Fsp3) is 1.00. The highest BCUT2D eigenvalue weighted by Crippen LogP contribution is 2.21. The van der Waals surface area contributed by atoms with Gasteiger partial charge in [-0.1, -0.05) is 0 Å². The molecular weight excluding hydrogens is 219 g/mol. The van der Waals surface area contributed by atoms with Crippen LogP contribution in [-0.2, 0) is 10.0 Å². The molecular formula is C9H17FN2O2S. The van der Waals surface area contributed by atoms with Gasteiger partial charge in [-0.2, -0.15) is 0 Å². The molecule has 0 radical (unpaired) electrons. The van der Waals surface area contributed by atoms with Gasteiger partial charge in [0.1, 0.15) is 6.17 Å². The van der Waals surface area contributed by atoms with E-state index in [4.69, 9.17) is 0 Å². The van der Waals surface area contributed by atoms with Gasteiger partial charge >= 0.3 is 0 Å². The molecule has 0 saturated carbocycles. The molecule has 0 aromatic rings. The monoisotopic (exact) mass is 236 g/mol. The van der Waals surface area contributed by atoms with Crippen LogP contribution in [0.25, 0.3) is 0 Å². The molecule has 0 aromatic heterocycles. The molecule has 15 heavy (non-hydrogen) atoms. The largest absolute Gasteiger partial charge is 0.315 e. The van der Waals surface area contributed by atoms with E-state index in [0.717, 1.165) is 6.54 Å². The lowest BCUT2D eigenvalue weighted by Crippen LogP contribution is -2.44. The summed E-state index contributed by atoms with van der Waals surface area (Å²) in [6.07, 6.45) is 0.551. The average Bonchev–Trinajstić information content (AvgIpc) is 2.71. The van der Waals surface area contributed by atoms with Crippen molar-refractivity contribution in [2.24, 2.45) is 0 Å². The Morgan fingerprint density at radius 2 is 1.87 bits per heavy atom. The van der Waals surface area contributed by atoms with E-state index in [1.165, 1.54) is 4.31 Å². The second kappa shape index (κ2) is 4.35. The molecule has 6 heteroatoms. The Labute approximate surface area is 89.9 Å². The Hall–Kier alpha value is -0.200. The summed E-state index contributed by atoms with van der Waals surface area (Å²) in [5, 5.41) is 2.75. The Bertz CT molecular complexity index is 306. The molecule has 0 aliphatic carbocycles. The second-order valence-corrected chi connectivity index (χ2v) is 6.45. The molecule has 2 saturated heterocycles. The number of piperidine rings is 1. The molecule has 2 fully saturated rings. The molecule has 2 aliphatic heterocycles. The molecule has 4 nitrogen and oxygen atoms in total. The molecule has 1 N–H and O–H groups in total. The van der Waals surface area contributed by atoms with Crippen LogP contribution >= 0.6 is 0 Å². The van der Waals surface area contributed by atoms with Crippen LogP contribution in [0, 0.1) is 0 Å². The molecule has 2 rings (SSSR count). The Morgan fingerprint density at radius 1 is 1.20 bits per heavy atom. The molecule has 0 aromatic carbocycles. The van der Waals surface area contributed by atoms with Gasteiger partial charge in [0.2, 0.25) is 10.0 Å². The molecule has 0 spiro atoms. The van der Waals surface area contributed by atoms with Crippen molar-refractivity contribution < 1.29 is 12.8 Å². The van der Waals surface area contributed by atoms with E-state index in [1.54, 1.807) is 0 Å². The molecule has 0 bridgehead atoms. The van der Waals surface area contributed by atoms with Gasteiger partial charge in [0.15, 0.2) is 0 Å². The minimum Gasteiger partial charge on any atom is -0.315 e. The number of nitrogens with zero attached hydrogens (tertiary/aromatic N) is 1. The third kappa shape index (κ3) is 2.32. The van der Waals surface area contributed by atoms with Gasteiger partial charge in [0.25, 0.3) is 0 Å². The number of nitrogens with one attached hydrogen (secondary N) is 1. The predicted octanol–water partition coefficient (Wildman–Crippen LogP) is 0.112. The zero-order chi connectivity index (χ0) is 10.9. The number of hydrogen-bond donors (Lipinski definition) is 1. The normalized spacial score (nSPS) is 30.9. The van der Waals surface area contributed by atoms with Crippen molar-refractivity contribution in [1.82, 2.24) is 9.62 Å². The lowest BCUT2D eigenvalue weighted by molar-refractivity contribution is 0.209. The van der Waals surface area contributed by atoms with E-state index in [-0.39, 0.29) is 5.25 Å². The predicted molar refractivity (Wildman–Crippen MR) is 55.9 cm³/mol. The molecule has 1 unspecified atom stereocenters. The fourth-order valence-electron chi connectivity index (χ4n) is 2.17. The van der Waals surface area contributed by atoms with Gasteiger partial charge in [-0.05, 0) is 25.8 Å². The zero-order valence-electron chi connectivity index (χ0n) is 8.65. The highest BCUT2D eigenvalue weighted by molar-refractivity contribution is 7.89. The summed E-state index contributed by atoms with van der Waals surface area (Å²) in [5.74, 6) is 0. The number of hydrogen-bond acceptors (Lipinski definition) is 3. The van der Waals surface area contributed by atoms with Crippen LogP contribution in [0.5, 0.6) is 0 Å². The quantitative estimate of drug-likeness (QED) is 0.740. The van der Waals surface area contributed by atoms with Crippen LogP contribution in [0.2, 0.25) is 0 Å². The molecule has 1 atom stereocenters. The lowest BCUT2D eigenvalue weighted by atomic mass is 10.1. The average molecular weight is 236 g/mol. The fourth-order valence-corrected chi connectivity index (χ4v) is 4.06. The summed E-state index contributed by atoms with van der Waals surface area (Å²) in [5.41, 5.74) is 0. The lowest BCUT2D eigenvalue weighted by Gasteiger charge is -2.29. The number of alkyl halides is 1. The van der Waals surface area contributed by atoms with E-state index >= 15 is 0 Å². The van der Waals surface area contributed by atoms with Crippen molar-refractivity contribution in [3.05, 3.63) is 0 Å². The standard InChI is InChI=1S/C9H17FN2O2S/c10-8-2-5-12(6-3-8)15(13,14)9-1-4-11-7-9/h8-9,11H,1-7H2. The van der Waals surface area contributed by atoms with Crippen molar-refractivity contribution in [3.8, 4) is 0 Å². The Balaban J connectivity index is 2.02. The first-order valence-corrected chi connectivity index (χ1v) is 6.95. The molecule has 88 valence electrons. The zero-order valence-corrected chi connectivity index (χ0v) is 9.47. The third-order valence-electron chi connectivity index (χ3n) is 3.18. The van der Waals surface area contributed by atoms with Crippen LogP contribution < -0.4 is 5.32 Å². The maximum absolute atomic E-state index is 12.9. The third-order valence-corrected chi connectivity index (χ3v) is 5.51. The minimum atomic E-state index is -3.18. The highest BCUT2D eigenvalue weighted by atomic mass is 32.2. The summed E-state index contributed by atoms with van der Waals surface area (Å²) >= 11 is 0. The number of sulfonamides is 1. The molecule has 0 amide bonds. The van der Waals surface area contributed by atoms with E-state index in [0.29, 0.717) is 38.9 Å². The van der Waals surface area contributed by atoms with Crippen molar-refractivity contribution in [1.29, 1.82) is 0 Å². The number of halogens is 1. The van der Waals surface area contributed by atoms with Crippen molar-refractivity contribution >= 4 is 10.0 Å². The first-order chi connectivity index (χ1) is 7.10. The van der Waals surface area contributed by atoms with E-state index < -0.39 is 16.2 Å². The van der Waals surface area contributed by atoms with Gasteiger partial charge in [0, 0.05) is 19.6 Å². The van der Waals surface area contributed by atoms with Crippen LogP contribution in [0.4, 0.5) is 4.39 Å². The maximum atomic E-state index is 12.9. The first kappa shape index (κ1) is 11.3. The van der Waals surface area contributed by atoms with Crippen molar-refractivity contribution in [2.45, 2.75) is 30.7 Å². The topological polar surface area (TPSA) is 49.4 Å². The minimum absolute atomic E-state index is 0.298. The molecule has 2 aliphatic rings. The highest BCUT2D eigenvalue weighted by Gasteiger charge is 2.35. The van der Waals surface area contributed by atoms with Crippen LogP contribution in [0.15, 0.2) is 0 Å². The summed E-state index contributed by atoms with van der Waals surface area (Å²) in [6.45, 7) is 2.00. The Morgan fingerprint density at radius 3 is 2.40 bits per heavy atom. The van der Waals surface area contributed by atoms with Gasteiger partial charge < -0.3 is 5.32 Å². The van der Waals surface area contributed by atoms with Crippen LogP contribution in [-0.4, -0.2) is 50.3 Å². The van der Waals surface area contributed by atoms with E-state index in [2.05, 4.69) is 5.32 Å². The number of rotatable bonds is 2. The van der Waals surface area contributed by atoms with Gasteiger partial charge in [-0.25, -0.2) is 17.1 Å². The smallest absolute Gasteiger partial charge is 0.218 e. The van der Waals surface area contributed by atoms with Crippen molar-refractivity contribution in [3.63, 3.8) is 0 Å². The SMILES string of the molecule is O=S(=O)(C1CCNC1)N1CCC(F)CC1. The van der Waals surface area contributed by atoms with Gasteiger partial charge in [-0.3, -0.25) is 0 Å². The Kier molecular flexibility index (Phi) is 3.27. The van der Waals surface area contributed by atoms with Gasteiger partial charge in [0.05, 0.1) is 5.25 Å². The maximum Gasteiger partial charge on any atom is 0.218 e. The van der Waals surface area contributed by atoms with Crippen LogP contribution in [0.1, 0.15) is 19.3 Å². The van der Waals surface area contributed by atoms with Crippen LogP contribution in [0.3, 0.4) is 0 Å². The summed E-state index contributed by atoms with van der Waals surface area (Å²) in [7, 11) is -3.18. The molecule has 2 heterocycles. The van der Waals surface area contributed by atoms with Crippen molar-refractivity contribution in [2.75, 3.05) is 26.2 Å². The first-order valence-electron chi connectivity index (χ1n) is 5.44. The summed E-state index contributed by atoms with van der Waals surface area (Å²) in [4.78, 5) is 0. The van der Waals surface area contributed by atoms with E-state index in [9.17, 15) is 12.8 Å². The van der Waals surface area contributed by atoms with Gasteiger partial charge in [-0.15, -0.1) is 0 Å². The van der Waals surface area contributed by atoms with E-state index in [1.807, 2.05) is 0 Å². The second-order valence-electron chi connectivity index (χ2n) is 4.23. The summed E-state index contributed by atoms with van der Waals surface area (Å²) in [6, 6.07) is 0. The summed E-state index contributed by atoms with van der Waals surface area (Å²) < 4.78 is 38.5.